The molecule has 1 fully saturated rings. The number of sulfonamides is 1. The molecule has 0 aromatic carbocycles. The van der Waals surface area contributed by atoms with Crippen LogP contribution in [-0.2, 0) is 17.1 Å². The topological polar surface area (TPSA) is 55.2 Å². The zero-order valence-corrected chi connectivity index (χ0v) is 13.1. The maximum absolute atomic E-state index is 12.9. The fraction of sp³-hybridized carbons (Fsp3) is 0.462. The SMILES string of the molecule is Cc1cnn(C)c1S(=O)(=O)N1CCCC1c1ccsc1. The van der Waals surface area contributed by atoms with E-state index in [1.807, 2.05) is 16.8 Å². The molecule has 0 amide bonds. The Morgan fingerprint density at radius 2 is 2.25 bits per heavy atom. The number of hydrogen-bond acceptors (Lipinski definition) is 4. The minimum Gasteiger partial charge on any atom is -0.256 e. The van der Waals surface area contributed by atoms with E-state index in [2.05, 4.69) is 5.10 Å². The van der Waals surface area contributed by atoms with E-state index >= 15 is 0 Å². The van der Waals surface area contributed by atoms with Crippen LogP contribution in [0.15, 0.2) is 28.0 Å². The predicted molar refractivity (Wildman–Crippen MR) is 78.1 cm³/mol. The molecule has 2 aromatic rings. The van der Waals surface area contributed by atoms with Gasteiger partial charge in [0.15, 0.2) is 5.03 Å². The summed E-state index contributed by atoms with van der Waals surface area (Å²) in [6.07, 6.45) is 3.38. The van der Waals surface area contributed by atoms with E-state index in [1.165, 1.54) is 4.68 Å². The number of hydrogen-bond donors (Lipinski definition) is 0. The minimum atomic E-state index is -3.49. The predicted octanol–water partition coefficient (Wildman–Crippen LogP) is 2.32. The molecule has 20 heavy (non-hydrogen) atoms. The highest BCUT2D eigenvalue weighted by atomic mass is 32.2. The van der Waals surface area contributed by atoms with Gasteiger partial charge in [-0.15, -0.1) is 0 Å². The van der Waals surface area contributed by atoms with E-state index < -0.39 is 10.0 Å². The standard InChI is InChI=1S/C13H17N3O2S2/c1-10-8-14-15(2)13(10)20(17,18)16-6-3-4-12(16)11-5-7-19-9-11/h5,7-9,12H,3-4,6H2,1-2H3. The summed E-state index contributed by atoms with van der Waals surface area (Å²) in [7, 11) is -1.82. The molecule has 1 unspecified atom stereocenters. The van der Waals surface area contributed by atoms with Crippen LogP contribution in [0.4, 0.5) is 0 Å². The molecule has 7 heteroatoms. The van der Waals surface area contributed by atoms with E-state index in [0.29, 0.717) is 17.1 Å². The summed E-state index contributed by atoms with van der Waals surface area (Å²) < 4.78 is 28.9. The normalized spacial score (nSPS) is 20.6. The molecule has 0 saturated carbocycles. The van der Waals surface area contributed by atoms with E-state index in [0.717, 1.165) is 18.4 Å². The van der Waals surface area contributed by atoms with Crippen molar-refractivity contribution in [1.82, 2.24) is 14.1 Å². The van der Waals surface area contributed by atoms with Gasteiger partial charge in [0.05, 0.1) is 12.2 Å². The summed E-state index contributed by atoms with van der Waals surface area (Å²) in [5.41, 5.74) is 1.79. The molecule has 3 rings (SSSR count). The fourth-order valence-corrected chi connectivity index (χ4v) is 5.54. The van der Waals surface area contributed by atoms with Gasteiger partial charge in [0.1, 0.15) is 0 Å². The summed E-state index contributed by atoms with van der Waals surface area (Å²) in [4.78, 5) is 0. The van der Waals surface area contributed by atoms with Crippen LogP contribution in [0.1, 0.15) is 30.0 Å². The third kappa shape index (κ3) is 2.10. The van der Waals surface area contributed by atoms with Crippen LogP contribution in [0.25, 0.3) is 0 Å². The Balaban J connectivity index is 2.03. The van der Waals surface area contributed by atoms with Gasteiger partial charge in [0, 0.05) is 19.2 Å². The molecule has 0 spiro atoms. The quantitative estimate of drug-likeness (QED) is 0.874. The Kier molecular flexibility index (Phi) is 3.43. The van der Waals surface area contributed by atoms with Gasteiger partial charge in [-0.25, -0.2) is 8.42 Å². The lowest BCUT2D eigenvalue weighted by Crippen LogP contribution is -2.32. The van der Waals surface area contributed by atoms with Crippen molar-refractivity contribution < 1.29 is 8.42 Å². The summed E-state index contributed by atoms with van der Waals surface area (Å²) in [5, 5.41) is 8.39. The molecule has 0 N–H and O–H groups in total. The minimum absolute atomic E-state index is 0.0412. The number of aryl methyl sites for hydroxylation is 2. The summed E-state index contributed by atoms with van der Waals surface area (Å²) >= 11 is 1.60. The van der Waals surface area contributed by atoms with Crippen molar-refractivity contribution in [1.29, 1.82) is 0 Å². The lowest BCUT2D eigenvalue weighted by Gasteiger charge is -2.23. The van der Waals surface area contributed by atoms with Crippen LogP contribution in [0, 0.1) is 6.92 Å². The highest BCUT2D eigenvalue weighted by Crippen LogP contribution is 2.37. The molecule has 0 radical (unpaired) electrons. The molecule has 5 nitrogen and oxygen atoms in total. The van der Waals surface area contributed by atoms with Crippen molar-refractivity contribution in [2.45, 2.75) is 30.8 Å². The smallest absolute Gasteiger partial charge is 0.256 e. The number of aromatic nitrogens is 2. The third-order valence-electron chi connectivity index (χ3n) is 3.74. The fourth-order valence-electron chi connectivity index (χ4n) is 2.84. The molecule has 108 valence electrons. The first-order valence-electron chi connectivity index (χ1n) is 6.54. The maximum atomic E-state index is 12.9. The summed E-state index contributed by atoms with van der Waals surface area (Å²) in [6, 6.07) is 1.97. The molecule has 0 bridgehead atoms. The first kappa shape index (κ1) is 13.8. The highest BCUT2D eigenvalue weighted by Gasteiger charge is 2.38. The van der Waals surface area contributed by atoms with Crippen molar-refractivity contribution >= 4 is 21.4 Å². The lowest BCUT2D eigenvalue weighted by molar-refractivity contribution is 0.392. The number of nitrogens with zero attached hydrogens (tertiary/aromatic N) is 3. The molecule has 1 saturated heterocycles. The third-order valence-corrected chi connectivity index (χ3v) is 6.57. The Morgan fingerprint density at radius 3 is 2.85 bits per heavy atom. The largest absolute Gasteiger partial charge is 0.261 e. The Bertz CT molecular complexity index is 685. The van der Waals surface area contributed by atoms with Gasteiger partial charge >= 0.3 is 0 Å². The van der Waals surface area contributed by atoms with Gasteiger partial charge in [-0.2, -0.15) is 20.7 Å². The Labute approximate surface area is 122 Å². The van der Waals surface area contributed by atoms with Crippen LogP contribution >= 0.6 is 11.3 Å². The van der Waals surface area contributed by atoms with Gasteiger partial charge in [-0.3, -0.25) is 4.68 Å². The van der Waals surface area contributed by atoms with Crippen LogP contribution in [0.3, 0.4) is 0 Å². The molecular formula is C13H17N3O2S2. The van der Waals surface area contributed by atoms with Gasteiger partial charge < -0.3 is 0 Å². The van der Waals surface area contributed by atoms with Crippen molar-refractivity contribution in [2.24, 2.45) is 7.05 Å². The summed E-state index contributed by atoms with van der Waals surface area (Å²) in [5.74, 6) is 0. The second-order valence-corrected chi connectivity index (χ2v) is 7.67. The molecule has 3 heterocycles. The van der Waals surface area contributed by atoms with E-state index in [9.17, 15) is 8.42 Å². The van der Waals surface area contributed by atoms with Gasteiger partial charge in [0.2, 0.25) is 0 Å². The zero-order chi connectivity index (χ0) is 14.3. The van der Waals surface area contributed by atoms with Crippen LogP contribution < -0.4 is 0 Å². The average Bonchev–Trinajstić information content (AvgIpc) is 3.08. The van der Waals surface area contributed by atoms with Crippen LogP contribution in [-0.4, -0.2) is 29.0 Å². The molecular weight excluding hydrogens is 294 g/mol. The molecule has 1 aliphatic rings. The highest BCUT2D eigenvalue weighted by molar-refractivity contribution is 7.89. The Hall–Kier alpha value is -1.18. The zero-order valence-electron chi connectivity index (χ0n) is 11.5. The van der Waals surface area contributed by atoms with Crippen LogP contribution in [0.5, 0.6) is 0 Å². The van der Waals surface area contributed by atoms with Gasteiger partial charge in [-0.1, -0.05) is 0 Å². The van der Waals surface area contributed by atoms with Crippen molar-refractivity contribution in [3.63, 3.8) is 0 Å². The van der Waals surface area contributed by atoms with E-state index in [4.69, 9.17) is 0 Å². The first-order chi connectivity index (χ1) is 9.51. The van der Waals surface area contributed by atoms with Crippen molar-refractivity contribution in [3.05, 3.63) is 34.2 Å². The molecule has 1 atom stereocenters. The summed E-state index contributed by atoms with van der Waals surface area (Å²) in [6.45, 7) is 2.36. The van der Waals surface area contributed by atoms with Gasteiger partial charge in [0.25, 0.3) is 10.0 Å². The van der Waals surface area contributed by atoms with Crippen molar-refractivity contribution in [2.75, 3.05) is 6.54 Å². The molecule has 1 aliphatic heterocycles. The lowest BCUT2D eigenvalue weighted by atomic mass is 10.1. The number of thiophene rings is 1. The van der Waals surface area contributed by atoms with E-state index in [-0.39, 0.29) is 6.04 Å². The van der Waals surface area contributed by atoms with E-state index in [1.54, 1.807) is 35.8 Å². The molecule has 0 aliphatic carbocycles. The van der Waals surface area contributed by atoms with Crippen LogP contribution in [0.2, 0.25) is 0 Å². The maximum Gasteiger partial charge on any atom is 0.261 e. The second-order valence-electron chi connectivity index (χ2n) is 5.09. The van der Waals surface area contributed by atoms with Gasteiger partial charge in [-0.05, 0) is 42.2 Å². The monoisotopic (exact) mass is 311 g/mol. The van der Waals surface area contributed by atoms with Crippen molar-refractivity contribution in [3.8, 4) is 0 Å². The molecule has 2 aromatic heterocycles. The average molecular weight is 311 g/mol. The number of rotatable bonds is 3. The second kappa shape index (κ2) is 4.98. The Morgan fingerprint density at radius 1 is 1.45 bits per heavy atom. The first-order valence-corrected chi connectivity index (χ1v) is 8.92.